The molecule has 3 heterocycles. The summed E-state index contributed by atoms with van der Waals surface area (Å²) in [5, 5.41) is 4.63. The Bertz CT molecular complexity index is 405. The van der Waals surface area contributed by atoms with Crippen LogP contribution in [0.15, 0.2) is 6.20 Å². The van der Waals surface area contributed by atoms with E-state index >= 15 is 0 Å². The first kappa shape index (κ1) is 13.3. The Kier molecular flexibility index (Phi) is 4.32. The average Bonchev–Trinajstić information content (AvgIpc) is 2.88. The van der Waals surface area contributed by atoms with Crippen molar-refractivity contribution < 1.29 is 4.74 Å². The molecule has 0 spiro atoms. The number of piperazine rings is 1. The van der Waals surface area contributed by atoms with Crippen LogP contribution >= 0.6 is 11.3 Å². The highest BCUT2D eigenvalue weighted by Gasteiger charge is 2.18. The number of rotatable bonds is 3. The van der Waals surface area contributed by atoms with E-state index in [9.17, 15) is 0 Å². The van der Waals surface area contributed by atoms with Crippen LogP contribution in [0.2, 0.25) is 0 Å². The summed E-state index contributed by atoms with van der Waals surface area (Å²) in [4.78, 5) is 10.8. The van der Waals surface area contributed by atoms with E-state index in [-0.39, 0.29) is 0 Å². The van der Waals surface area contributed by atoms with Gasteiger partial charge in [0.1, 0.15) is 0 Å². The van der Waals surface area contributed by atoms with Gasteiger partial charge < -0.3 is 15.0 Å². The van der Waals surface area contributed by atoms with E-state index in [1.54, 1.807) is 0 Å². The fraction of sp³-hybridized carbons (Fsp3) is 0.769. The van der Waals surface area contributed by atoms with Gasteiger partial charge in [0.2, 0.25) is 0 Å². The minimum atomic E-state index is 0.598. The van der Waals surface area contributed by atoms with E-state index in [4.69, 9.17) is 4.74 Å². The molecule has 106 valence electrons. The largest absolute Gasteiger partial charge is 0.378 e. The van der Waals surface area contributed by atoms with Crippen LogP contribution in [0.5, 0.6) is 0 Å². The molecule has 2 saturated heterocycles. The highest BCUT2D eigenvalue weighted by molar-refractivity contribution is 7.15. The van der Waals surface area contributed by atoms with Crippen LogP contribution in [-0.4, -0.2) is 61.9 Å². The van der Waals surface area contributed by atoms with Crippen molar-refractivity contribution in [3.8, 4) is 0 Å². The molecule has 0 radical (unpaired) electrons. The monoisotopic (exact) mass is 282 g/mol. The SMILES string of the molecule is C[C@@H]1CN(Cc2cnc(N3CCOCC3)s2)CCN1. The normalized spacial score (nSPS) is 25.7. The molecule has 2 aliphatic heterocycles. The summed E-state index contributed by atoms with van der Waals surface area (Å²) in [6.07, 6.45) is 2.04. The lowest BCUT2D eigenvalue weighted by Crippen LogP contribution is -2.48. The molecular weight excluding hydrogens is 260 g/mol. The van der Waals surface area contributed by atoms with E-state index in [1.165, 1.54) is 4.88 Å². The number of nitrogens with zero attached hydrogens (tertiary/aromatic N) is 3. The second-order valence-corrected chi connectivity index (χ2v) is 6.39. The van der Waals surface area contributed by atoms with Gasteiger partial charge in [0.05, 0.1) is 13.2 Å². The molecule has 1 aromatic heterocycles. The maximum atomic E-state index is 5.38. The van der Waals surface area contributed by atoms with Gasteiger partial charge in [0.25, 0.3) is 0 Å². The van der Waals surface area contributed by atoms with Crippen molar-refractivity contribution in [2.45, 2.75) is 19.5 Å². The van der Waals surface area contributed by atoms with E-state index in [1.807, 2.05) is 17.5 Å². The molecule has 1 atom stereocenters. The Balaban J connectivity index is 1.58. The molecule has 2 fully saturated rings. The van der Waals surface area contributed by atoms with Gasteiger partial charge >= 0.3 is 0 Å². The number of aromatic nitrogens is 1. The lowest BCUT2D eigenvalue weighted by molar-refractivity contribution is 0.122. The van der Waals surface area contributed by atoms with E-state index in [0.29, 0.717) is 6.04 Å². The summed E-state index contributed by atoms with van der Waals surface area (Å²) in [6, 6.07) is 0.598. The minimum Gasteiger partial charge on any atom is -0.378 e. The van der Waals surface area contributed by atoms with Crippen LogP contribution in [0.3, 0.4) is 0 Å². The molecule has 0 bridgehead atoms. The van der Waals surface area contributed by atoms with Crippen molar-refractivity contribution in [2.24, 2.45) is 0 Å². The molecule has 3 rings (SSSR count). The van der Waals surface area contributed by atoms with Gasteiger partial charge in [-0.3, -0.25) is 4.90 Å². The summed E-state index contributed by atoms with van der Waals surface area (Å²) < 4.78 is 5.38. The van der Waals surface area contributed by atoms with Crippen LogP contribution in [0.4, 0.5) is 5.13 Å². The number of thiazole rings is 1. The molecule has 2 aliphatic rings. The molecule has 0 amide bonds. The Morgan fingerprint density at radius 2 is 2.26 bits per heavy atom. The van der Waals surface area contributed by atoms with Crippen LogP contribution in [0.1, 0.15) is 11.8 Å². The fourth-order valence-corrected chi connectivity index (χ4v) is 3.65. The highest BCUT2D eigenvalue weighted by Crippen LogP contribution is 2.24. The van der Waals surface area contributed by atoms with Crippen LogP contribution in [0, 0.1) is 0 Å². The Morgan fingerprint density at radius 1 is 1.42 bits per heavy atom. The Labute approximate surface area is 118 Å². The molecule has 6 heteroatoms. The summed E-state index contributed by atoms with van der Waals surface area (Å²) >= 11 is 1.83. The number of anilines is 1. The minimum absolute atomic E-state index is 0.598. The summed E-state index contributed by atoms with van der Waals surface area (Å²) in [7, 11) is 0. The average molecular weight is 282 g/mol. The zero-order valence-electron chi connectivity index (χ0n) is 11.5. The lowest BCUT2D eigenvalue weighted by Gasteiger charge is -2.31. The zero-order chi connectivity index (χ0) is 13.1. The molecule has 1 aromatic rings. The predicted octanol–water partition coefficient (Wildman–Crippen LogP) is 0.773. The molecule has 1 N–H and O–H groups in total. The molecule has 0 unspecified atom stereocenters. The van der Waals surface area contributed by atoms with Crippen LogP contribution in [-0.2, 0) is 11.3 Å². The van der Waals surface area contributed by atoms with Gasteiger partial charge in [0.15, 0.2) is 5.13 Å². The topological polar surface area (TPSA) is 40.6 Å². The standard InChI is InChI=1S/C13H22N4OS/c1-11-9-16(3-2-14-11)10-12-8-15-13(19-12)17-4-6-18-7-5-17/h8,11,14H,2-7,9-10H2,1H3/t11-/m1/s1. The zero-order valence-corrected chi connectivity index (χ0v) is 12.3. The van der Waals surface area contributed by atoms with E-state index < -0.39 is 0 Å². The van der Waals surface area contributed by atoms with Crippen LogP contribution < -0.4 is 10.2 Å². The number of hydrogen-bond donors (Lipinski definition) is 1. The van der Waals surface area contributed by atoms with E-state index in [2.05, 4.69) is 27.0 Å². The first-order valence-corrected chi connectivity index (χ1v) is 7.86. The van der Waals surface area contributed by atoms with Gasteiger partial charge in [-0.2, -0.15) is 0 Å². The molecule has 0 saturated carbocycles. The summed E-state index contributed by atoms with van der Waals surface area (Å²) in [5.74, 6) is 0. The quantitative estimate of drug-likeness (QED) is 0.887. The van der Waals surface area contributed by atoms with Gasteiger partial charge in [0, 0.05) is 56.4 Å². The van der Waals surface area contributed by atoms with Gasteiger partial charge in [-0.15, -0.1) is 11.3 Å². The van der Waals surface area contributed by atoms with Gasteiger partial charge in [-0.1, -0.05) is 0 Å². The Hall–Kier alpha value is -0.690. The predicted molar refractivity (Wildman–Crippen MR) is 77.9 cm³/mol. The first-order chi connectivity index (χ1) is 9.31. The van der Waals surface area contributed by atoms with Crippen molar-refractivity contribution in [1.82, 2.24) is 15.2 Å². The number of nitrogens with one attached hydrogen (secondary N) is 1. The number of morpholine rings is 1. The van der Waals surface area contributed by atoms with Crippen molar-refractivity contribution in [3.63, 3.8) is 0 Å². The summed E-state index contributed by atoms with van der Waals surface area (Å²) in [5.41, 5.74) is 0. The third-order valence-corrected chi connectivity index (χ3v) is 4.70. The Morgan fingerprint density at radius 3 is 3.05 bits per heavy atom. The van der Waals surface area contributed by atoms with Gasteiger partial charge in [-0.25, -0.2) is 4.98 Å². The van der Waals surface area contributed by atoms with Crippen molar-refractivity contribution in [2.75, 3.05) is 50.8 Å². The summed E-state index contributed by atoms with van der Waals surface area (Å²) in [6.45, 7) is 10.2. The highest BCUT2D eigenvalue weighted by atomic mass is 32.1. The molecule has 19 heavy (non-hydrogen) atoms. The fourth-order valence-electron chi connectivity index (χ4n) is 2.65. The van der Waals surface area contributed by atoms with Crippen molar-refractivity contribution in [1.29, 1.82) is 0 Å². The smallest absolute Gasteiger partial charge is 0.185 e. The number of hydrogen-bond acceptors (Lipinski definition) is 6. The van der Waals surface area contributed by atoms with E-state index in [0.717, 1.165) is 57.6 Å². The third-order valence-electron chi connectivity index (χ3n) is 3.66. The second kappa shape index (κ2) is 6.17. The molecule has 0 aliphatic carbocycles. The first-order valence-electron chi connectivity index (χ1n) is 7.04. The molecule has 0 aromatic carbocycles. The van der Waals surface area contributed by atoms with Crippen LogP contribution in [0.25, 0.3) is 0 Å². The maximum absolute atomic E-state index is 5.38. The molecular formula is C13H22N4OS. The van der Waals surface area contributed by atoms with Crippen molar-refractivity contribution >= 4 is 16.5 Å². The maximum Gasteiger partial charge on any atom is 0.185 e. The van der Waals surface area contributed by atoms with Gasteiger partial charge in [-0.05, 0) is 6.92 Å². The second-order valence-electron chi connectivity index (χ2n) is 5.30. The molecule has 5 nitrogen and oxygen atoms in total. The third kappa shape index (κ3) is 3.45. The number of ether oxygens (including phenoxy) is 1. The lowest BCUT2D eigenvalue weighted by atomic mass is 10.2. The van der Waals surface area contributed by atoms with Crippen molar-refractivity contribution in [3.05, 3.63) is 11.1 Å².